The molecule has 8 heteroatoms. The zero-order valence-corrected chi connectivity index (χ0v) is 22.6. The molecule has 0 bridgehead atoms. The number of phenolic OH excluding ortho intramolecular Hbond substituents is 1. The van der Waals surface area contributed by atoms with Crippen molar-refractivity contribution in [3.05, 3.63) is 120 Å². The van der Waals surface area contributed by atoms with E-state index in [1.54, 1.807) is 12.1 Å². The molecule has 7 nitrogen and oxygen atoms in total. The van der Waals surface area contributed by atoms with Gasteiger partial charge in [-0.15, -0.1) is 0 Å². The molecule has 0 amide bonds. The van der Waals surface area contributed by atoms with Gasteiger partial charge in [-0.1, -0.05) is 30.3 Å². The molecule has 38 heavy (non-hydrogen) atoms. The van der Waals surface area contributed by atoms with E-state index < -0.39 is 0 Å². The van der Waals surface area contributed by atoms with Crippen LogP contribution < -0.4 is 0 Å². The van der Waals surface area contributed by atoms with Gasteiger partial charge in [-0.25, -0.2) is 0 Å². The number of aromatic hydroxyl groups is 1. The third-order valence-electron chi connectivity index (χ3n) is 6.90. The first-order valence-corrected chi connectivity index (χ1v) is 12.9. The molecule has 1 N–H and O–H groups in total. The summed E-state index contributed by atoms with van der Waals surface area (Å²) in [5, 5.41) is 9.93. The SMILES string of the molecule is Oc1ccc(C(c2ccccn2)N2CCN(Cc3ccccn3)CCN(Cc3ccccn3)CC2)cc1.[Fe+3]. The molecule has 0 spiro atoms. The number of hydrogen-bond acceptors (Lipinski definition) is 7. The fraction of sp³-hybridized carbons (Fsp3) is 0.300. The van der Waals surface area contributed by atoms with Crippen LogP contribution in [-0.2, 0) is 30.2 Å². The van der Waals surface area contributed by atoms with Crippen LogP contribution >= 0.6 is 0 Å². The Morgan fingerprint density at radius 2 is 1.11 bits per heavy atom. The number of rotatable bonds is 7. The van der Waals surface area contributed by atoms with E-state index in [0.717, 1.165) is 75.0 Å². The Bertz CT molecular complexity index is 1160. The average molecular weight is 550 g/mol. The van der Waals surface area contributed by atoms with Crippen molar-refractivity contribution < 1.29 is 22.2 Å². The number of nitrogens with zero attached hydrogens (tertiary/aromatic N) is 6. The van der Waals surface area contributed by atoms with Crippen LogP contribution in [0.5, 0.6) is 5.75 Å². The van der Waals surface area contributed by atoms with Crippen LogP contribution in [0.15, 0.2) is 97.5 Å². The van der Waals surface area contributed by atoms with Gasteiger partial charge in [0.1, 0.15) is 5.75 Å². The van der Waals surface area contributed by atoms with Gasteiger partial charge < -0.3 is 5.11 Å². The summed E-state index contributed by atoms with van der Waals surface area (Å²) in [6.07, 6.45) is 5.60. The summed E-state index contributed by atoms with van der Waals surface area (Å²) in [5.74, 6) is 0.274. The first-order valence-electron chi connectivity index (χ1n) is 12.9. The van der Waals surface area contributed by atoms with Crippen molar-refractivity contribution in [2.75, 3.05) is 39.3 Å². The standard InChI is InChI=1S/C30H34N6O.Fe/c37-28-12-10-25(11-13-28)30(29-9-3-6-16-33-29)36-21-19-34(23-26-7-1-4-14-31-26)17-18-35(20-22-36)24-27-8-2-5-15-32-27;/h1-16,30,37H,17-24H2;/q;+3. The molecule has 0 saturated carbocycles. The quantitative estimate of drug-likeness (QED) is 0.349. The number of aromatic nitrogens is 3. The fourth-order valence-electron chi connectivity index (χ4n) is 4.94. The van der Waals surface area contributed by atoms with Crippen LogP contribution in [-0.4, -0.2) is 74.0 Å². The summed E-state index contributed by atoms with van der Waals surface area (Å²) >= 11 is 0. The first kappa shape index (κ1) is 27.9. The molecule has 0 aliphatic carbocycles. The molecule has 1 fully saturated rings. The van der Waals surface area contributed by atoms with Gasteiger partial charge in [-0.2, -0.15) is 0 Å². The molecule has 195 valence electrons. The van der Waals surface area contributed by atoms with Crippen LogP contribution in [0.3, 0.4) is 0 Å². The third kappa shape index (κ3) is 7.69. The molecule has 1 aliphatic heterocycles. The van der Waals surface area contributed by atoms with Crippen molar-refractivity contribution in [2.24, 2.45) is 0 Å². The van der Waals surface area contributed by atoms with Gasteiger partial charge in [-0.05, 0) is 54.1 Å². The second-order valence-electron chi connectivity index (χ2n) is 9.48. The van der Waals surface area contributed by atoms with E-state index in [9.17, 15) is 5.11 Å². The number of hydrogen-bond donors (Lipinski definition) is 1. The Morgan fingerprint density at radius 3 is 1.58 bits per heavy atom. The molecule has 1 radical (unpaired) electrons. The van der Waals surface area contributed by atoms with Gasteiger partial charge in [-0.3, -0.25) is 29.7 Å². The number of phenols is 1. The van der Waals surface area contributed by atoms with Gasteiger partial charge in [0, 0.05) is 70.9 Å². The topological polar surface area (TPSA) is 68.6 Å². The van der Waals surface area contributed by atoms with E-state index in [1.807, 2.05) is 55.0 Å². The van der Waals surface area contributed by atoms with Crippen LogP contribution in [0.4, 0.5) is 0 Å². The predicted molar refractivity (Wildman–Crippen MR) is 145 cm³/mol. The Hall–Kier alpha value is -3.13. The molecular weight excluding hydrogens is 516 g/mol. The van der Waals surface area contributed by atoms with Crippen molar-refractivity contribution in [3.63, 3.8) is 0 Å². The molecule has 1 unspecified atom stereocenters. The van der Waals surface area contributed by atoms with Crippen LogP contribution in [0.2, 0.25) is 0 Å². The summed E-state index contributed by atoms with van der Waals surface area (Å²) < 4.78 is 0. The van der Waals surface area contributed by atoms with Crippen molar-refractivity contribution in [1.82, 2.24) is 29.7 Å². The van der Waals surface area contributed by atoms with Gasteiger partial charge in [0.05, 0.1) is 23.1 Å². The van der Waals surface area contributed by atoms with Crippen molar-refractivity contribution in [1.29, 1.82) is 0 Å². The van der Waals surface area contributed by atoms with Crippen LogP contribution in [0.25, 0.3) is 0 Å². The monoisotopic (exact) mass is 550 g/mol. The van der Waals surface area contributed by atoms with Crippen molar-refractivity contribution >= 4 is 0 Å². The van der Waals surface area contributed by atoms with Gasteiger partial charge in [0.2, 0.25) is 0 Å². The molecule has 4 aromatic rings. The van der Waals surface area contributed by atoms with Crippen LogP contribution in [0, 0.1) is 0 Å². The smallest absolute Gasteiger partial charge is 0.508 e. The molecular formula is C30H34FeN6O+3. The van der Waals surface area contributed by atoms with Crippen LogP contribution in [0.1, 0.15) is 28.7 Å². The van der Waals surface area contributed by atoms with E-state index in [2.05, 4.69) is 55.0 Å². The molecule has 1 atom stereocenters. The maximum Gasteiger partial charge on any atom is 3.00 e. The van der Waals surface area contributed by atoms with Gasteiger partial charge in [0.25, 0.3) is 0 Å². The molecule has 4 heterocycles. The van der Waals surface area contributed by atoms with E-state index in [0.29, 0.717) is 0 Å². The minimum absolute atomic E-state index is 0. The largest absolute Gasteiger partial charge is 3.00 e. The zero-order chi connectivity index (χ0) is 25.3. The average Bonchev–Trinajstić information content (AvgIpc) is 3.03. The van der Waals surface area contributed by atoms with E-state index in [1.165, 1.54) is 0 Å². The minimum Gasteiger partial charge on any atom is -0.508 e. The molecule has 1 saturated heterocycles. The van der Waals surface area contributed by atoms with E-state index >= 15 is 0 Å². The Kier molecular flexibility index (Phi) is 10.4. The zero-order valence-electron chi connectivity index (χ0n) is 21.5. The molecule has 3 aromatic heterocycles. The first-order chi connectivity index (χ1) is 18.2. The summed E-state index contributed by atoms with van der Waals surface area (Å²) in [5.41, 5.74) is 4.32. The van der Waals surface area contributed by atoms with Gasteiger partial charge in [0.15, 0.2) is 0 Å². The number of pyridine rings is 3. The Balaban J connectivity index is 0.00000336. The molecule has 5 rings (SSSR count). The van der Waals surface area contributed by atoms with Crippen molar-refractivity contribution in [2.45, 2.75) is 19.1 Å². The maximum atomic E-state index is 9.93. The summed E-state index contributed by atoms with van der Waals surface area (Å²) in [6, 6.07) is 25.9. The van der Waals surface area contributed by atoms with Crippen molar-refractivity contribution in [3.8, 4) is 5.75 Å². The predicted octanol–water partition coefficient (Wildman–Crippen LogP) is 3.98. The summed E-state index contributed by atoms with van der Waals surface area (Å²) in [4.78, 5) is 21.4. The normalized spacial score (nSPS) is 16.5. The molecule has 1 aliphatic rings. The minimum atomic E-state index is -0.00620. The van der Waals surface area contributed by atoms with E-state index in [-0.39, 0.29) is 28.9 Å². The second kappa shape index (κ2) is 14.1. The maximum absolute atomic E-state index is 9.93. The Labute approximate surface area is 235 Å². The van der Waals surface area contributed by atoms with E-state index in [4.69, 9.17) is 4.98 Å². The Morgan fingerprint density at radius 1 is 0.605 bits per heavy atom. The van der Waals surface area contributed by atoms with Gasteiger partial charge >= 0.3 is 17.1 Å². The summed E-state index contributed by atoms with van der Waals surface area (Å²) in [6.45, 7) is 7.21. The second-order valence-corrected chi connectivity index (χ2v) is 9.48. The third-order valence-corrected chi connectivity index (χ3v) is 6.90. The summed E-state index contributed by atoms with van der Waals surface area (Å²) in [7, 11) is 0. The molecule has 1 aromatic carbocycles. The number of benzene rings is 1. The fourth-order valence-corrected chi connectivity index (χ4v) is 4.94.